The third-order valence-electron chi connectivity index (χ3n) is 9.82. The molecule has 0 spiro atoms. The summed E-state index contributed by atoms with van der Waals surface area (Å²) < 4.78 is 16.6. The van der Waals surface area contributed by atoms with Crippen LogP contribution >= 0.6 is 0 Å². The zero-order chi connectivity index (χ0) is 40.1. The second-order valence-corrected chi connectivity index (χ2v) is 15.3. The van der Waals surface area contributed by atoms with Gasteiger partial charge in [-0.3, -0.25) is 14.4 Å². The van der Waals surface area contributed by atoms with Gasteiger partial charge in [0.2, 0.25) is 0 Å². The van der Waals surface area contributed by atoms with Crippen LogP contribution in [0.25, 0.3) is 0 Å². The van der Waals surface area contributed by atoms with E-state index in [1.165, 1.54) is 103 Å². The minimum Gasteiger partial charge on any atom is -0.462 e. The van der Waals surface area contributed by atoms with E-state index in [4.69, 9.17) is 14.2 Å². The molecule has 0 aliphatic heterocycles. The summed E-state index contributed by atoms with van der Waals surface area (Å²) in [6, 6.07) is 0. The standard InChI is InChI=1S/C49H86O6/c1-4-7-10-13-16-19-21-22-23-24-25-26-28-30-33-36-39-42-48(51)54-45-46(44-53-47(50)41-38-35-32-29-18-15-12-9-6-3)55-49(52)43-40-37-34-31-27-20-17-14-11-8-5-2/h9,12,16,18-19,22-23,29,46H,4-8,10-11,13-15,17,20-21,24-28,30-45H2,1-3H3/b12-9-,19-16-,23-22-,29-18-. The number of carbonyl (C=O) groups excluding carboxylic acids is 3. The van der Waals surface area contributed by atoms with Crippen molar-refractivity contribution in [1.29, 1.82) is 0 Å². The molecule has 0 fully saturated rings. The Labute approximate surface area is 339 Å². The Hall–Kier alpha value is -2.63. The van der Waals surface area contributed by atoms with E-state index in [1.807, 2.05) is 0 Å². The lowest BCUT2D eigenvalue weighted by Gasteiger charge is -2.18. The molecule has 0 aromatic rings. The van der Waals surface area contributed by atoms with E-state index in [0.29, 0.717) is 19.3 Å². The van der Waals surface area contributed by atoms with Crippen molar-refractivity contribution in [2.75, 3.05) is 13.2 Å². The van der Waals surface area contributed by atoms with Crippen LogP contribution in [0.3, 0.4) is 0 Å². The van der Waals surface area contributed by atoms with Crippen molar-refractivity contribution >= 4 is 17.9 Å². The quantitative estimate of drug-likeness (QED) is 0.0267. The van der Waals surface area contributed by atoms with Crippen LogP contribution in [-0.4, -0.2) is 37.2 Å². The molecule has 0 saturated heterocycles. The lowest BCUT2D eigenvalue weighted by atomic mass is 10.1. The van der Waals surface area contributed by atoms with Gasteiger partial charge < -0.3 is 14.2 Å². The van der Waals surface area contributed by atoms with Crippen molar-refractivity contribution in [3.63, 3.8) is 0 Å². The summed E-state index contributed by atoms with van der Waals surface area (Å²) >= 11 is 0. The van der Waals surface area contributed by atoms with Crippen LogP contribution in [-0.2, 0) is 28.6 Å². The Morgan fingerprint density at radius 3 is 1.16 bits per heavy atom. The zero-order valence-corrected chi connectivity index (χ0v) is 36.2. The van der Waals surface area contributed by atoms with E-state index in [0.717, 1.165) is 83.5 Å². The van der Waals surface area contributed by atoms with Crippen molar-refractivity contribution in [3.05, 3.63) is 48.6 Å². The molecule has 318 valence electrons. The Morgan fingerprint density at radius 2 is 0.709 bits per heavy atom. The molecule has 6 heteroatoms. The molecule has 55 heavy (non-hydrogen) atoms. The number of hydrogen-bond acceptors (Lipinski definition) is 6. The largest absolute Gasteiger partial charge is 0.462 e. The minimum atomic E-state index is -0.783. The van der Waals surface area contributed by atoms with Gasteiger partial charge in [0.15, 0.2) is 6.10 Å². The fraction of sp³-hybridized carbons (Fsp3) is 0.776. The minimum absolute atomic E-state index is 0.0862. The van der Waals surface area contributed by atoms with E-state index in [-0.39, 0.29) is 31.1 Å². The van der Waals surface area contributed by atoms with Gasteiger partial charge in [0.1, 0.15) is 13.2 Å². The first-order chi connectivity index (χ1) is 27.0. The third-order valence-corrected chi connectivity index (χ3v) is 9.82. The smallest absolute Gasteiger partial charge is 0.306 e. The average molecular weight is 771 g/mol. The van der Waals surface area contributed by atoms with Crippen LogP contribution in [0.4, 0.5) is 0 Å². The lowest BCUT2D eigenvalue weighted by molar-refractivity contribution is -0.167. The summed E-state index contributed by atoms with van der Waals surface area (Å²) in [5, 5.41) is 0. The maximum Gasteiger partial charge on any atom is 0.306 e. The second-order valence-electron chi connectivity index (χ2n) is 15.3. The molecule has 0 bridgehead atoms. The topological polar surface area (TPSA) is 78.9 Å². The molecule has 0 heterocycles. The van der Waals surface area contributed by atoms with Crippen LogP contribution in [0.2, 0.25) is 0 Å². The molecule has 1 atom stereocenters. The summed E-state index contributed by atoms with van der Waals surface area (Å²) in [6.45, 7) is 6.44. The number of ether oxygens (including phenoxy) is 3. The van der Waals surface area contributed by atoms with Gasteiger partial charge in [-0.15, -0.1) is 0 Å². The van der Waals surface area contributed by atoms with Crippen molar-refractivity contribution in [1.82, 2.24) is 0 Å². The molecule has 0 aromatic heterocycles. The average Bonchev–Trinajstić information content (AvgIpc) is 3.18. The molecule has 0 radical (unpaired) electrons. The lowest BCUT2D eigenvalue weighted by Crippen LogP contribution is -2.30. The van der Waals surface area contributed by atoms with Gasteiger partial charge in [-0.25, -0.2) is 0 Å². The fourth-order valence-electron chi connectivity index (χ4n) is 6.33. The van der Waals surface area contributed by atoms with Crippen LogP contribution in [0.15, 0.2) is 48.6 Å². The van der Waals surface area contributed by atoms with E-state index in [1.54, 1.807) is 0 Å². The molecule has 0 amide bonds. The maximum atomic E-state index is 12.7. The molecule has 0 N–H and O–H groups in total. The Balaban J connectivity index is 4.34. The first kappa shape index (κ1) is 52.4. The SMILES string of the molecule is CC/C=C\C/C=C\CCCCC(=O)OCC(COC(=O)CCCCCCCCC/C=C\C/C=C\CCCCC)OC(=O)CCCCCCCCCCCCC. The summed E-state index contributed by atoms with van der Waals surface area (Å²) in [5.41, 5.74) is 0. The van der Waals surface area contributed by atoms with Gasteiger partial charge in [0.25, 0.3) is 0 Å². The number of carbonyl (C=O) groups is 3. The zero-order valence-electron chi connectivity index (χ0n) is 36.2. The van der Waals surface area contributed by atoms with Crippen LogP contribution < -0.4 is 0 Å². The highest BCUT2D eigenvalue weighted by atomic mass is 16.6. The molecule has 0 saturated carbocycles. The van der Waals surface area contributed by atoms with Gasteiger partial charge in [-0.05, 0) is 77.0 Å². The molecular weight excluding hydrogens is 685 g/mol. The first-order valence-electron chi connectivity index (χ1n) is 23.1. The predicted molar refractivity (Wildman–Crippen MR) is 233 cm³/mol. The van der Waals surface area contributed by atoms with Gasteiger partial charge in [0, 0.05) is 19.3 Å². The summed E-state index contributed by atoms with van der Waals surface area (Å²) in [6.07, 6.45) is 51.0. The van der Waals surface area contributed by atoms with E-state index in [9.17, 15) is 14.4 Å². The fourth-order valence-corrected chi connectivity index (χ4v) is 6.33. The molecule has 1 unspecified atom stereocenters. The van der Waals surface area contributed by atoms with Gasteiger partial charge in [0.05, 0.1) is 0 Å². The molecule has 0 aliphatic rings. The van der Waals surface area contributed by atoms with Gasteiger partial charge >= 0.3 is 17.9 Å². The Morgan fingerprint density at radius 1 is 0.382 bits per heavy atom. The van der Waals surface area contributed by atoms with Crippen molar-refractivity contribution in [3.8, 4) is 0 Å². The second kappa shape index (κ2) is 44.1. The highest BCUT2D eigenvalue weighted by Gasteiger charge is 2.19. The molecule has 0 aromatic carbocycles. The normalized spacial score (nSPS) is 12.4. The van der Waals surface area contributed by atoms with Gasteiger partial charge in [-0.2, -0.15) is 0 Å². The molecular formula is C49H86O6. The Kier molecular flexibility index (Phi) is 42.0. The van der Waals surface area contributed by atoms with E-state index >= 15 is 0 Å². The first-order valence-corrected chi connectivity index (χ1v) is 23.1. The monoisotopic (exact) mass is 771 g/mol. The van der Waals surface area contributed by atoms with Crippen LogP contribution in [0, 0.1) is 0 Å². The summed E-state index contributed by atoms with van der Waals surface area (Å²) in [7, 11) is 0. The Bertz CT molecular complexity index is 980. The number of hydrogen-bond donors (Lipinski definition) is 0. The highest BCUT2D eigenvalue weighted by Crippen LogP contribution is 2.14. The summed E-state index contributed by atoms with van der Waals surface area (Å²) in [4.78, 5) is 37.7. The van der Waals surface area contributed by atoms with Crippen molar-refractivity contribution in [2.45, 2.75) is 232 Å². The predicted octanol–water partition coefficient (Wildman–Crippen LogP) is 14.8. The maximum absolute atomic E-state index is 12.7. The van der Waals surface area contributed by atoms with Crippen molar-refractivity contribution in [2.24, 2.45) is 0 Å². The third kappa shape index (κ3) is 42.4. The summed E-state index contributed by atoms with van der Waals surface area (Å²) in [5.74, 6) is -0.932. The number of unbranched alkanes of at least 4 members (excludes halogenated alkanes) is 22. The van der Waals surface area contributed by atoms with E-state index in [2.05, 4.69) is 69.4 Å². The van der Waals surface area contributed by atoms with Crippen LogP contribution in [0.1, 0.15) is 226 Å². The number of allylic oxidation sites excluding steroid dienone is 8. The number of esters is 3. The highest BCUT2D eigenvalue weighted by molar-refractivity contribution is 5.71. The van der Waals surface area contributed by atoms with Gasteiger partial charge in [-0.1, -0.05) is 179 Å². The van der Waals surface area contributed by atoms with E-state index < -0.39 is 6.10 Å². The molecule has 0 rings (SSSR count). The molecule has 6 nitrogen and oxygen atoms in total. The van der Waals surface area contributed by atoms with Crippen molar-refractivity contribution < 1.29 is 28.6 Å². The number of rotatable bonds is 41. The van der Waals surface area contributed by atoms with Crippen LogP contribution in [0.5, 0.6) is 0 Å². The molecule has 0 aliphatic carbocycles.